The van der Waals surface area contributed by atoms with Crippen molar-refractivity contribution in [2.24, 2.45) is 5.73 Å². The van der Waals surface area contributed by atoms with Crippen LogP contribution in [-0.2, 0) is 0 Å². The molecule has 0 aliphatic heterocycles. The van der Waals surface area contributed by atoms with Gasteiger partial charge in [-0.1, -0.05) is 13.8 Å². The van der Waals surface area contributed by atoms with Crippen LogP contribution in [-0.4, -0.2) is 16.8 Å². The summed E-state index contributed by atoms with van der Waals surface area (Å²) in [5.74, 6) is 0. The Hall–Kier alpha value is -0.540. The van der Waals surface area contributed by atoms with Crippen molar-refractivity contribution in [2.45, 2.75) is 24.3 Å². The molecule has 1 unspecified atom stereocenters. The fraction of sp³-hybridized carbons (Fsp3) is 0.500. The van der Waals surface area contributed by atoms with Gasteiger partial charge in [0.1, 0.15) is 0 Å². The number of pyridine rings is 1. The topological polar surface area (TPSA) is 38.9 Å². The van der Waals surface area contributed by atoms with Crippen molar-refractivity contribution in [2.75, 3.05) is 6.54 Å². The average Bonchev–Trinajstić information content (AvgIpc) is 2.15. The van der Waals surface area contributed by atoms with Gasteiger partial charge in [-0.2, -0.15) is 0 Å². The zero-order valence-corrected chi connectivity index (χ0v) is 8.92. The van der Waals surface area contributed by atoms with Crippen LogP contribution in [0.4, 0.5) is 0 Å². The summed E-state index contributed by atoms with van der Waals surface area (Å²) in [7, 11) is 0. The van der Waals surface area contributed by atoms with Gasteiger partial charge in [0.15, 0.2) is 0 Å². The number of thioether (sulfide) groups is 1. The predicted octanol–water partition coefficient (Wildman–Crippen LogP) is 2.22. The maximum atomic E-state index is 5.71. The smallest absolute Gasteiger partial charge is 0.0423 e. The summed E-state index contributed by atoms with van der Waals surface area (Å²) in [5, 5.41) is 1.02. The summed E-state index contributed by atoms with van der Waals surface area (Å²) in [5.41, 5.74) is 6.99. The van der Waals surface area contributed by atoms with Gasteiger partial charge in [0.25, 0.3) is 0 Å². The zero-order chi connectivity index (χ0) is 9.68. The second-order valence-electron chi connectivity index (χ2n) is 3.19. The van der Waals surface area contributed by atoms with E-state index in [0.29, 0.717) is 17.0 Å². The molecule has 0 saturated carbocycles. The van der Waals surface area contributed by atoms with Gasteiger partial charge in [0.05, 0.1) is 0 Å². The summed E-state index contributed by atoms with van der Waals surface area (Å²) in [6.45, 7) is 5.07. The highest BCUT2D eigenvalue weighted by Gasteiger charge is 2.11. The number of nitrogens with zero attached hydrogens (tertiary/aromatic N) is 1. The van der Waals surface area contributed by atoms with Crippen LogP contribution in [0.5, 0.6) is 0 Å². The van der Waals surface area contributed by atoms with Gasteiger partial charge in [-0.05, 0) is 22.9 Å². The second-order valence-corrected chi connectivity index (χ2v) is 4.97. The molecule has 1 aromatic heterocycles. The van der Waals surface area contributed by atoms with Crippen molar-refractivity contribution in [3.63, 3.8) is 0 Å². The van der Waals surface area contributed by atoms with E-state index < -0.39 is 0 Å². The van der Waals surface area contributed by atoms with Crippen LogP contribution in [0.2, 0.25) is 0 Å². The highest BCUT2D eigenvalue weighted by Crippen LogP contribution is 2.30. The Bertz CT molecular complexity index is 236. The minimum atomic E-state index is 0.406. The zero-order valence-electron chi connectivity index (χ0n) is 8.10. The van der Waals surface area contributed by atoms with Crippen LogP contribution in [0.3, 0.4) is 0 Å². The van der Waals surface area contributed by atoms with Crippen molar-refractivity contribution < 1.29 is 0 Å². The Kier molecular flexibility index (Phi) is 4.25. The van der Waals surface area contributed by atoms with Crippen molar-refractivity contribution in [1.29, 1.82) is 0 Å². The number of hydrogen-bond donors (Lipinski definition) is 1. The first-order valence-electron chi connectivity index (χ1n) is 4.49. The fourth-order valence-electron chi connectivity index (χ4n) is 1.18. The summed E-state index contributed by atoms with van der Waals surface area (Å²) >= 11 is 1.90. The van der Waals surface area contributed by atoms with E-state index in [-0.39, 0.29) is 0 Å². The largest absolute Gasteiger partial charge is 0.329 e. The lowest BCUT2D eigenvalue weighted by atomic mass is 10.2. The van der Waals surface area contributed by atoms with E-state index in [4.69, 9.17) is 5.73 Å². The van der Waals surface area contributed by atoms with Gasteiger partial charge in [-0.15, -0.1) is 11.8 Å². The average molecular weight is 196 g/mol. The van der Waals surface area contributed by atoms with Gasteiger partial charge < -0.3 is 5.73 Å². The first kappa shape index (κ1) is 10.5. The Morgan fingerprint density at radius 1 is 1.38 bits per heavy atom. The lowest BCUT2D eigenvalue weighted by molar-refractivity contribution is 0.925. The first-order chi connectivity index (χ1) is 6.24. The van der Waals surface area contributed by atoms with Crippen molar-refractivity contribution in [3.05, 3.63) is 30.1 Å². The summed E-state index contributed by atoms with van der Waals surface area (Å²) in [6.07, 6.45) is 3.64. The fourth-order valence-corrected chi connectivity index (χ4v) is 2.26. The Morgan fingerprint density at radius 3 is 2.46 bits per heavy atom. The van der Waals surface area contributed by atoms with E-state index in [2.05, 4.69) is 18.8 Å². The molecule has 72 valence electrons. The van der Waals surface area contributed by atoms with Crippen LogP contribution >= 0.6 is 11.8 Å². The molecule has 0 radical (unpaired) electrons. The van der Waals surface area contributed by atoms with Gasteiger partial charge in [0.2, 0.25) is 0 Å². The quantitative estimate of drug-likeness (QED) is 0.802. The minimum absolute atomic E-state index is 0.406. The van der Waals surface area contributed by atoms with Gasteiger partial charge >= 0.3 is 0 Å². The maximum absolute atomic E-state index is 5.71. The van der Waals surface area contributed by atoms with Gasteiger partial charge in [0, 0.05) is 24.2 Å². The molecular weight excluding hydrogens is 180 g/mol. The molecule has 1 aromatic rings. The second kappa shape index (κ2) is 5.25. The highest BCUT2D eigenvalue weighted by atomic mass is 32.2. The van der Waals surface area contributed by atoms with Crippen LogP contribution in [0, 0.1) is 0 Å². The lowest BCUT2D eigenvalue weighted by Crippen LogP contribution is -2.11. The standard InChI is InChI=1S/C10H16N2S/c1-8(2)13-10(7-11)9-3-5-12-6-4-9/h3-6,8,10H,7,11H2,1-2H3. The molecule has 1 rings (SSSR count). The highest BCUT2D eigenvalue weighted by molar-refractivity contribution is 8.00. The normalized spacial score (nSPS) is 13.2. The molecule has 0 saturated heterocycles. The number of nitrogens with two attached hydrogens (primary N) is 1. The van der Waals surface area contributed by atoms with E-state index >= 15 is 0 Å². The van der Waals surface area contributed by atoms with Crippen LogP contribution < -0.4 is 5.73 Å². The van der Waals surface area contributed by atoms with Crippen molar-refractivity contribution in [3.8, 4) is 0 Å². The third-order valence-electron chi connectivity index (χ3n) is 1.73. The molecule has 0 amide bonds. The van der Waals surface area contributed by atoms with Gasteiger partial charge in [-0.3, -0.25) is 4.98 Å². The van der Waals surface area contributed by atoms with E-state index in [0.717, 1.165) is 0 Å². The van der Waals surface area contributed by atoms with E-state index in [1.54, 1.807) is 0 Å². The molecule has 2 nitrogen and oxygen atoms in total. The van der Waals surface area contributed by atoms with E-state index in [1.807, 2.05) is 36.3 Å². The third kappa shape index (κ3) is 3.36. The SMILES string of the molecule is CC(C)SC(CN)c1ccncc1. The molecule has 0 fully saturated rings. The van der Waals surface area contributed by atoms with Crippen LogP contribution in [0.25, 0.3) is 0 Å². The Morgan fingerprint density at radius 2 is 2.00 bits per heavy atom. The summed E-state index contributed by atoms with van der Waals surface area (Å²) in [6, 6.07) is 4.07. The Labute approximate surface area is 83.9 Å². The van der Waals surface area contributed by atoms with Crippen molar-refractivity contribution in [1.82, 2.24) is 4.98 Å². The number of hydrogen-bond acceptors (Lipinski definition) is 3. The molecular formula is C10H16N2S. The Balaban J connectivity index is 2.67. The molecule has 3 heteroatoms. The molecule has 1 atom stereocenters. The molecule has 0 aromatic carbocycles. The number of aromatic nitrogens is 1. The molecule has 0 aliphatic rings. The number of rotatable bonds is 4. The molecule has 2 N–H and O–H groups in total. The maximum Gasteiger partial charge on any atom is 0.0423 e. The van der Waals surface area contributed by atoms with E-state index in [9.17, 15) is 0 Å². The molecule has 0 bridgehead atoms. The summed E-state index contributed by atoms with van der Waals surface area (Å²) < 4.78 is 0. The minimum Gasteiger partial charge on any atom is -0.329 e. The third-order valence-corrected chi connectivity index (χ3v) is 3.07. The van der Waals surface area contributed by atoms with Crippen LogP contribution in [0.15, 0.2) is 24.5 Å². The van der Waals surface area contributed by atoms with E-state index in [1.165, 1.54) is 5.56 Å². The molecule has 0 spiro atoms. The molecule has 13 heavy (non-hydrogen) atoms. The molecule has 0 aliphatic carbocycles. The van der Waals surface area contributed by atoms with Crippen LogP contribution in [0.1, 0.15) is 24.7 Å². The van der Waals surface area contributed by atoms with Crippen molar-refractivity contribution >= 4 is 11.8 Å². The van der Waals surface area contributed by atoms with Gasteiger partial charge in [-0.25, -0.2) is 0 Å². The summed E-state index contributed by atoms with van der Waals surface area (Å²) in [4.78, 5) is 3.99. The predicted molar refractivity (Wildman–Crippen MR) is 58.8 cm³/mol. The first-order valence-corrected chi connectivity index (χ1v) is 5.43. The lowest BCUT2D eigenvalue weighted by Gasteiger charge is -2.16. The molecule has 1 heterocycles. The monoisotopic (exact) mass is 196 g/mol.